The van der Waals surface area contributed by atoms with Gasteiger partial charge in [-0.2, -0.15) is 0 Å². The van der Waals surface area contributed by atoms with Gasteiger partial charge in [-0.3, -0.25) is 14.5 Å². The Morgan fingerprint density at radius 3 is 2.00 bits per heavy atom. The molecule has 2 aromatic rings. The van der Waals surface area contributed by atoms with Gasteiger partial charge in [0.25, 0.3) is 5.91 Å². The SMILES string of the molecule is NC(=O)c1ccc(Oc2ccc(C(=O)N3CCC(CCN4CCOCC4)CC3)cc2)cc1. The summed E-state index contributed by atoms with van der Waals surface area (Å²) in [5.74, 6) is 1.54. The first-order chi connectivity index (χ1) is 15.6. The molecule has 0 aromatic heterocycles. The number of nitrogens with zero attached hydrogens (tertiary/aromatic N) is 2. The zero-order chi connectivity index (χ0) is 22.3. The van der Waals surface area contributed by atoms with Gasteiger partial charge < -0.3 is 20.1 Å². The van der Waals surface area contributed by atoms with Gasteiger partial charge in [0.15, 0.2) is 0 Å². The number of rotatable bonds is 7. The second kappa shape index (κ2) is 10.6. The van der Waals surface area contributed by atoms with Crippen molar-refractivity contribution in [3.8, 4) is 11.5 Å². The van der Waals surface area contributed by atoms with Gasteiger partial charge in [0, 0.05) is 37.3 Å². The highest BCUT2D eigenvalue weighted by atomic mass is 16.5. The summed E-state index contributed by atoms with van der Waals surface area (Å²) < 4.78 is 11.2. The lowest BCUT2D eigenvalue weighted by Crippen LogP contribution is -2.40. The van der Waals surface area contributed by atoms with E-state index in [2.05, 4.69) is 4.90 Å². The van der Waals surface area contributed by atoms with E-state index in [1.165, 1.54) is 6.42 Å². The van der Waals surface area contributed by atoms with Crippen LogP contribution in [0, 0.1) is 5.92 Å². The summed E-state index contributed by atoms with van der Waals surface area (Å²) in [6, 6.07) is 13.8. The van der Waals surface area contributed by atoms with Crippen molar-refractivity contribution in [2.24, 2.45) is 11.7 Å². The van der Waals surface area contributed by atoms with Crippen molar-refractivity contribution in [1.82, 2.24) is 9.80 Å². The summed E-state index contributed by atoms with van der Waals surface area (Å²) in [5, 5.41) is 0. The van der Waals surface area contributed by atoms with E-state index in [0.29, 0.717) is 28.5 Å². The second-order valence-electron chi connectivity index (χ2n) is 8.49. The first-order valence-electron chi connectivity index (χ1n) is 11.4. The molecule has 0 saturated carbocycles. The maximum absolute atomic E-state index is 12.9. The predicted octanol–water partition coefficient (Wildman–Crippen LogP) is 3.15. The lowest BCUT2D eigenvalue weighted by molar-refractivity contribution is 0.0332. The molecule has 0 aliphatic carbocycles. The average Bonchev–Trinajstić information content (AvgIpc) is 2.84. The van der Waals surface area contributed by atoms with Crippen LogP contribution in [0.4, 0.5) is 0 Å². The summed E-state index contributed by atoms with van der Waals surface area (Å²) >= 11 is 0. The molecule has 32 heavy (non-hydrogen) atoms. The molecule has 2 aliphatic heterocycles. The number of carbonyl (C=O) groups excluding carboxylic acids is 2. The summed E-state index contributed by atoms with van der Waals surface area (Å²) in [4.78, 5) is 28.5. The van der Waals surface area contributed by atoms with Crippen LogP contribution in [-0.2, 0) is 4.74 Å². The molecular formula is C25H31N3O4. The van der Waals surface area contributed by atoms with Gasteiger partial charge in [-0.05, 0) is 80.3 Å². The molecule has 170 valence electrons. The molecular weight excluding hydrogens is 406 g/mol. The lowest BCUT2D eigenvalue weighted by Gasteiger charge is -2.34. The number of likely N-dealkylation sites (tertiary alicyclic amines) is 1. The summed E-state index contributed by atoms with van der Waals surface area (Å²) in [7, 11) is 0. The largest absolute Gasteiger partial charge is 0.457 e. The quantitative estimate of drug-likeness (QED) is 0.719. The Bertz CT molecular complexity index is 900. The molecule has 2 saturated heterocycles. The van der Waals surface area contributed by atoms with E-state index in [4.69, 9.17) is 15.2 Å². The van der Waals surface area contributed by atoms with E-state index in [-0.39, 0.29) is 5.91 Å². The first kappa shape index (κ1) is 22.3. The first-order valence-corrected chi connectivity index (χ1v) is 11.4. The predicted molar refractivity (Wildman–Crippen MR) is 122 cm³/mol. The molecule has 7 nitrogen and oxygen atoms in total. The monoisotopic (exact) mass is 437 g/mol. The highest BCUT2D eigenvalue weighted by molar-refractivity contribution is 5.94. The number of piperidine rings is 1. The third kappa shape index (κ3) is 5.87. The highest BCUT2D eigenvalue weighted by Gasteiger charge is 2.24. The average molecular weight is 438 g/mol. The maximum Gasteiger partial charge on any atom is 0.253 e. The van der Waals surface area contributed by atoms with E-state index in [9.17, 15) is 9.59 Å². The van der Waals surface area contributed by atoms with Crippen molar-refractivity contribution >= 4 is 11.8 Å². The molecule has 2 amide bonds. The fourth-order valence-corrected chi connectivity index (χ4v) is 4.29. The number of amides is 2. The smallest absolute Gasteiger partial charge is 0.253 e. The zero-order valence-corrected chi connectivity index (χ0v) is 18.4. The molecule has 0 unspecified atom stereocenters. The molecule has 0 atom stereocenters. The third-order valence-corrected chi connectivity index (χ3v) is 6.33. The maximum atomic E-state index is 12.9. The Hall–Kier alpha value is -2.90. The Labute approximate surface area is 189 Å². The van der Waals surface area contributed by atoms with Crippen LogP contribution in [0.25, 0.3) is 0 Å². The fraction of sp³-hybridized carbons (Fsp3) is 0.440. The van der Waals surface area contributed by atoms with Crippen molar-refractivity contribution in [3.63, 3.8) is 0 Å². The Kier molecular flexibility index (Phi) is 7.39. The molecule has 2 aliphatic rings. The summed E-state index contributed by atoms with van der Waals surface area (Å²) in [6.45, 7) is 6.53. The standard InChI is InChI=1S/C25H31N3O4/c26-24(29)20-1-5-22(6-2-20)32-23-7-3-21(4-8-23)25(30)28-13-10-19(11-14-28)9-12-27-15-17-31-18-16-27/h1-8,19H,9-18H2,(H2,26,29). The molecule has 0 spiro atoms. The van der Waals surface area contributed by atoms with Crippen LogP contribution in [0.1, 0.15) is 40.0 Å². The Morgan fingerprint density at radius 2 is 1.44 bits per heavy atom. The topological polar surface area (TPSA) is 85.1 Å². The molecule has 0 radical (unpaired) electrons. The van der Waals surface area contributed by atoms with E-state index < -0.39 is 5.91 Å². The van der Waals surface area contributed by atoms with Crippen molar-refractivity contribution < 1.29 is 19.1 Å². The minimum absolute atomic E-state index is 0.0778. The van der Waals surface area contributed by atoms with Gasteiger partial charge in [0.1, 0.15) is 11.5 Å². The van der Waals surface area contributed by atoms with Crippen molar-refractivity contribution in [2.45, 2.75) is 19.3 Å². The Morgan fingerprint density at radius 1 is 0.875 bits per heavy atom. The van der Waals surface area contributed by atoms with Crippen LogP contribution in [0.5, 0.6) is 11.5 Å². The highest BCUT2D eigenvalue weighted by Crippen LogP contribution is 2.25. The number of benzene rings is 2. The van der Waals surface area contributed by atoms with Gasteiger partial charge in [-0.25, -0.2) is 0 Å². The summed E-state index contributed by atoms with van der Waals surface area (Å²) in [6.07, 6.45) is 3.34. The van der Waals surface area contributed by atoms with Gasteiger partial charge in [0.2, 0.25) is 5.91 Å². The molecule has 7 heteroatoms. The molecule has 2 aromatic carbocycles. The zero-order valence-electron chi connectivity index (χ0n) is 18.4. The van der Waals surface area contributed by atoms with Gasteiger partial charge >= 0.3 is 0 Å². The number of nitrogens with two attached hydrogens (primary N) is 1. The Balaban J connectivity index is 1.24. The minimum Gasteiger partial charge on any atom is -0.457 e. The van der Waals surface area contributed by atoms with Crippen molar-refractivity contribution in [1.29, 1.82) is 0 Å². The third-order valence-electron chi connectivity index (χ3n) is 6.33. The molecule has 4 rings (SSSR count). The van der Waals surface area contributed by atoms with Crippen LogP contribution in [0.15, 0.2) is 48.5 Å². The lowest BCUT2D eigenvalue weighted by atomic mass is 9.93. The number of primary amides is 1. The number of hydrogen-bond acceptors (Lipinski definition) is 5. The van der Waals surface area contributed by atoms with Crippen LogP contribution in [0.3, 0.4) is 0 Å². The molecule has 2 heterocycles. The molecule has 0 bridgehead atoms. The normalized spacial score (nSPS) is 17.8. The summed E-state index contributed by atoms with van der Waals surface area (Å²) in [5.41, 5.74) is 6.36. The number of hydrogen-bond donors (Lipinski definition) is 1. The van der Waals surface area contributed by atoms with E-state index >= 15 is 0 Å². The van der Waals surface area contributed by atoms with Gasteiger partial charge in [-0.15, -0.1) is 0 Å². The number of morpholine rings is 1. The minimum atomic E-state index is -0.472. The van der Waals surface area contributed by atoms with Gasteiger partial charge in [-0.1, -0.05) is 0 Å². The van der Waals surface area contributed by atoms with Crippen LogP contribution in [0.2, 0.25) is 0 Å². The van der Waals surface area contributed by atoms with Crippen LogP contribution in [-0.4, -0.2) is 67.6 Å². The second-order valence-corrected chi connectivity index (χ2v) is 8.49. The van der Waals surface area contributed by atoms with E-state index in [0.717, 1.165) is 58.8 Å². The van der Waals surface area contributed by atoms with E-state index in [1.54, 1.807) is 48.5 Å². The number of carbonyl (C=O) groups is 2. The van der Waals surface area contributed by atoms with Crippen molar-refractivity contribution in [2.75, 3.05) is 45.9 Å². The van der Waals surface area contributed by atoms with E-state index in [1.807, 2.05) is 4.90 Å². The van der Waals surface area contributed by atoms with Crippen LogP contribution < -0.4 is 10.5 Å². The number of ether oxygens (including phenoxy) is 2. The van der Waals surface area contributed by atoms with Crippen molar-refractivity contribution in [3.05, 3.63) is 59.7 Å². The van der Waals surface area contributed by atoms with Gasteiger partial charge in [0.05, 0.1) is 13.2 Å². The molecule has 2 N–H and O–H groups in total. The van der Waals surface area contributed by atoms with Crippen LogP contribution >= 0.6 is 0 Å². The molecule has 2 fully saturated rings. The fourth-order valence-electron chi connectivity index (χ4n) is 4.29.